The summed E-state index contributed by atoms with van der Waals surface area (Å²) in [5.41, 5.74) is 0.387. The molecule has 0 aliphatic heterocycles. The zero-order valence-electron chi connectivity index (χ0n) is 8.73. The van der Waals surface area contributed by atoms with E-state index in [2.05, 4.69) is 4.98 Å². The van der Waals surface area contributed by atoms with Crippen LogP contribution in [0.3, 0.4) is 0 Å². The summed E-state index contributed by atoms with van der Waals surface area (Å²) in [5.74, 6) is 0.978. The third-order valence-electron chi connectivity index (χ3n) is 2.24. The van der Waals surface area contributed by atoms with Crippen LogP contribution < -0.4 is 14.2 Å². The summed E-state index contributed by atoms with van der Waals surface area (Å²) in [6.07, 6.45) is 1.11. The van der Waals surface area contributed by atoms with Crippen molar-refractivity contribution < 1.29 is 14.2 Å². The molecule has 0 N–H and O–H groups in total. The molecule has 1 aromatic carbocycles. The molecule has 84 valence electrons. The maximum absolute atomic E-state index is 11.5. The first-order valence-corrected chi connectivity index (χ1v) is 4.84. The molecule has 0 saturated carbocycles. The van der Waals surface area contributed by atoms with Crippen molar-refractivity contribution >= 4 is 22.5 Å². The maximum atomic E-state index is 11.5. The van der Waals surface area contributed by atoms with Gasteiger partial charge in [-0.3, -0.25) is 0 Å². The molecular formula is C10H9ClN2O3. The van der Waals surface area contributed by atoms with Crippen LogP contribution in [0.25, 0.3) is 10.9 Å². The van der Waals surface area contributed by atoms with Crippen molar-refractivity contribution in [3.8, 4) is 11.5 Å². The van der Waals surface area contributed by atoms with Crippen molar-refractivity contribution in [2.24, 2.45) is 0 Å². The minimum atomic E-state index is 0.253. The monoisotopic (exact) mass is 240 g/mol. The van der Waals surface area contributed by atoms with Crippen LogP contribution in [0.1, 0.15) is 0 Å². The van der Waals surface area contributed by atoms with Gasteiger partial charge in [-0.2, -0.15) is 0 Å². The fourth-order valence-corrected chi connectivity index (χ4v) is 1.65. The molecule has 5 nitrogen and oxygen atoms in total. The second-order valence-corrected chi connectivity index (χ2v) is 3.44. The van der Waals surface area contributed by atoms with Gasteiger partial charge in [0.15, 0.2) is 11.5 Å². The molecule has 0 bridgehead atoms. The van der Waals surface area contributed by atoms with Crippen LogP contribution in [0.15, 0.2) is 18.5 Å². The fourth-order valence-electron chi connectivity index (χ4n) is 1.45. The van der Waals surface area contributed by atoms with E-state index in [0.29, 0.717) is 27.1 Å². The first-order valence-electron chi connectivity index (χ1n) is 4.46. The second-order valence-electron chi connectivity index (χ2n) is 3.09. The molecule has 0 amide bonds. The zero-order valence-corrected chi connectivity index (χ0v) is 9.49. The van der Waals surface area contributed by atoms with Gasteiger partial charge in [-0.1, -0.05) is 0 Å². The fraction of sp³-hybridized carbons (Fsp3) is 0.200. The van der Waals surface area contributed by atoms with E-state index < -0.39 is 0 Å². The average molecular weight is 241 g/mol. The number of ether oxygens (including phenoxy) is 2. The van der Waals surface area contributed by atoms with Gasteiger partial charge in [-0.25, -0.2) is 4.73 Å². The molecule has 1 aromatic heterocycles. The third kappa shape index (κ3) is 1.59. The smallest absolute Gasteiger partial charge is 0.291 e. The Balaban J connectivity index is 2.82. The summed E-state index contributed by atoms with van der Waals surface area (Å²) in [7, 11) is 3.01. The molecule has 0 aliphatic carbocycles. The Kier molecular flexibility index (Phi) is 2.70. The lowest BCUT2D eigenvalue weighted by molar-refractivity contribution is -0.580. The number of halogens is 1. The van der Waals surface area contributed by atoms with Crippen molar-refractivity contribution in [1.82, 2.24) is 4.98 Å². The van der Waals surface area contributed by atoms with Crippen LogP contribution >= 0.6 is 11.6 Å². The third-order valence-corrected chi connectivity index (χ3v) is 2.54. The zero-order chi connectivity index (χ0) is 11.7. The molecule has 0 saturated heterocycles. The Bertz CT molecular complexity index is 497. The van der Waals surface area contributed by atoms with E-state index in [9.17, 15) is 5.21 Å². The van der Waals surface area contributed by atoms with Crippen molar-refractivity contribution in [1.29, 1.82) is 0 Å². The lowest BCUT2D eigenvalue weighted by atomic mass is 10.2. The predicted octanol–water partition coefficient (Wildman–Crippen LogP) is 1.54. The summed E-state index contributed by atoms with van der Waals surface area (Å²) in [5, 5.41) is 12.3. The summed E-state index contributed by atoms with van der Waals surface area (Å²) >= 11 is 5.89. The largest absolute Gasteiger partial charge is 0.710 e. The molecule has 0 fully saturated rings. The molecule has 1 heterocycles. The minimum absolute atomic E-state index is 0.253. The van der Waals surface area contributed by atoms with E-state index >= 15 is 0 Å². The van der Waals surface area contributed by atoms with Crippen LogP contribution in [-0.4, -0.2) is 19.2 Å². The van der Waals surface area contributed by atoms with E-state index in [1.807, 2.05) is 0 Å². The van der Waals surface area contributed by atoms with Crippen molar-refractivity contribution in [3.63, 3.8) is 0 Å². The number of methoxy groups -OCH3 is 2. The van der Waals surface area contributed by atoms with Gasteiger partial charge in [0.25, 0.3) is 11.5 Å². The topological polar surface area (TPSA) is 58.3 Å². The van der Waals surface area contributed by atoms with Gasteiger partial charge in [0, 0.05) is 12.1 Å². The molecule has 0 radical (unpaired) electrons. The van der Waals surface area contributed by atoms with Crippen LogP contribution in [0.5, 0.6) is 11.5 Å². The molecule has 0 spiro atoms. The normalized spacial score (nSPS) is 10.4. The van der Waals surface area contributed by atoms with Gasteiger partial charge in [0.05, 0.1) is 19.6 Å². The van der Waals surface area contributed by atoms with Crippen LogP contribution in [0, 0.1) is 5.21 Å². The molecule has 0 aliphatic rings. The molecule has 0 unspecified atom stereocenters. The number of fused-ring (bicyclic) bond motifs is 1. The van der Waals surface area contributed by atoms with E-state index in [1.54, 1.807) is 12.1 Å². The molecule has 2 rings (SSSR count). The van der Waals surface area contributed by atoms with E-state index in [4.69, 9.17) is 21.1 Å². The average Bonchev–Trinajstić information content (AvgIpc) is 2.32. The number of benzene rings is 1. The maximum Gasteiger partial charge on any atom is 0.291 e. The van der Waals surface area contributed by atoms with Crippen molar-refractivity contribution in [2.75, 3.05) is 14.2 Å². The number of aromatic nitrogens is 2. The van der Waals surface area contributed by atoms with Crippen LogP contribution in [-0.2, 0) is 0 Å². The van der Waals surface area contributed by atoms with Gasteiger partial charge in [-0.05, 0) is 16.6 Å². The summed E-state index contributed by atoms with van der Waals surface area (Å²) in [6.45, 7) is 0. The van der Waals surface area contributed by atoms with E-state index in [-0.39, 0.29) is 5.15 Å². The molecule has 0 atom stereocenters. The first-order chi connectivity index (χ1) is 7.67. The van der Waals surface area contributed by atoms with E-state index in [1.165, 1.54) is 14.2 Å². The van der Waals surface area contributed by atoms with Gasteiger partial charge in [0.2, 0.25) is 0 Å². The minimum Gasteiger partial charge on any atom is -0.710 e. The Morgan fingerprint density at radius 1 is 1.25 bits per heavy atom. The molecule has 6 heteroatoms. The quantitative estimate of drug-likeness (QED) is 0.454. The van der Waals surface area contributed by atoms with Gasteiger partial charge < -0.3 is 14.7 Å². The standard InChI is InChI=1S/C10H9ClN2O3/c1-15-8-3-6-7(4-9(8)16-2)13(14)5-12-10(6)11/h3-5H,1-2H3. The van der Waals surface area contributed by atoms with E-state index in [0.717, 1.165) is 6.33 Å². The highest BCUT2D eigenvalue weighted by Crippen LogP contribution is 2.32. The lowest BCUT2D eigenvalue weighted by Crippen LogP contribution is -2.27. The van der Waals surface area contributed by atoms with Crippen molar-refractivity contribution in [2.45, 2.75) is 0 Å². The molecule has 16 heavy (non-hydrogen) atoms. The number of nitrogens with zero attached hydrogens (tertiary/aromatic N) is 2. The highest BCUT2D eigenvalue weighted by molar-refractivity contribution is 6.33. The number of hydrogen-bond donors (Lipinski definition) is 0. The summed E-state index contributed by atoms with van der Waals surface area (Å²) in [4.78, 5) is 3.76. The predicted molar refractivity (Wildman–Crippen MR) is 58.8 cm³/mol. The Morgan fingerprint density at radius 3 is 2.50 bits per heavy atom. The SMILES string of the molecule is COc1cc2c(Cl)nc[n+]([O-])c2cc1OC. The Hall–Kier alpha value is -1.75. The lowest BCUT2D eigenvalue weighted by Gasteiger charge is -2.10. The highest BCUT2D eigenvalue weighted by Gasteiger charge is 2.14. The summed E-state index contributed by atoms with van der Waals surface area (Å²) in [6, 6.07) is 3.19. The second kappa shape index (κ2) is 4.02. The number of rotatable bonds is 2. The molecule has 2 aromatic rings. The number of hydrogen-bond acceptors (Lipinski definition) is 4. The van der Waals surface area contributed by atoms with Crippen molar-refractivity contribution in [3.05, 3.63) is 28.8 Å². The Labute approximate surface area is 96.8 Å². The molecular weight excluding hydrogens is 232 g/mol. The van der Waals surface area contributed by atoms with Gasteiger partial charge in [-0.15, -0.1) is 0 Å². The van der Waals surface area contributed by atoms with Crippen LogP contribution in [0.4, 0.5) is 0 Å². The van der Waals surface area contributed by atoms with Gasteiger partial charge >= 0.3 is 0 Å². The van der Waals surface area contributed by atoms with Gasteiger partial charge in [0.1, 0.15) is 5.52 Å². The first kappa shape index (κ1) is 10.8. The van der Waals surface area contributed by atoms with Crippen LogP contribution in [0.2, 0.25) is 5.15 Å². The Morgan fingerprint density at radius 2 is 1.88 bits per heavy atom. The summed E-state index contributed by atoms with van der Waals surface area (Å²) < 4.78 is 10.8. The highest BCUT2D eigenvalue weighted by atomic mass is 35.5.